The number of amides is 2. The minimum Gasteiger partial charge on any atom is -0.465 e. The van der Waals surface area contributed by atoms with Gasteiger partial charge in [0.05, 0.1) is 18.4 Å². The van der Waals surface area contributed by atoms with E-state index in [4.69, 9.17) is 4.74 Å². The third-order valence-electron chi connectivity index (χ3n) is 5.42. The number of hydrogen-bond acceptors (Lipinski definition) is 6. The molecule has 8 heteroatoms. The van der Waals surface area contributed by atoms with Crippen LogP contribution in [0, 0.1) is 17.7 Å². The number of carbonyl (C=O) groups excluding carboxylic acids is 3. The number of nitrogens with zero attached hydrogens (tertiary/aromatic N) is 1. The molecule has 27 heavy (non-hydrogen) atoms. The summed E-state index contributed by atoms with van der Waals surface area (Å²) < 4.78 is 19.1. The van der Waals surface area contributed by atoms with E-state index >= 15 is 0 Å². The van der Waals surface area contributed by atoms with E-state index in [0.29, 0.717) is 17.7 Å². The van der Waals surface area contributed by atoms with Crippen LogP contribution < -0.4 is 5.32 Å². The van der Waals surface area contributed by atoms with Crippen molar-refractivity contribution in [3.8, 4) is 0 Å². The molecule has 0 aromatic heterocycles. The van der Waals surface area contributed by atoms with Crippen molar-refractivity contribution in [3.63, 3.8) is 0 Å². The number of imide groups is 1. The van der Waals surface area contributed by atoms with E-state index in [9.17, 15) is 18.8 Å². The summed E-state index contributed by atoms with van der Waals surface area (Å²) in [4.78, 5) is 39.8. The van der Waals surface area contributed by atoms with E-state index in [2.05, 4.69) is 5.32 Å². The lowest BCUT2D eigenvalue weighted by molar-refractivity contribution is -0.156. The summed E-state index contributed by atoms with van der Waals surface area (Å²) in [6.07, 6.45) is 2.25. The molecule has 2 saturated heterocycles. The monoisotopic (exact) mass is 394 g/mol. The van der Waals surface area contributed by atoms with Gasteiger partial charge in [0.25, 0.3) is 0 Å². The molecule has 0 aliphatic carbocycles. The van der Waals surface area contributed by atoms with Crippen molar-refractivity contribution in [2.75, 3.05) is 25.7 Å². The third-order valence-corrected chi connectivity index (χ3v) is 6.03. The van der Waals surface area contributed by atoms with Crippen LogP contribution in [-0.2, 0) is 19.1 Å². The lowest BCUT2D eigenvalue weighted by Crippen LogP contribution is -2.56. The van der Waals surface area contributed by atoms with Gasteiger partial charge in [0.1, 0.15) is 11.4 Å². The zero-order valence-electron chi connectivity index (χ0n) is 15.5. The molecule has 0 bridgehead atoms. The van der Waals surface area contributed by atoms with Crippen LogP contribution in [0.2, 0.25) is 0 Å². The fourth-order valence-corrected chi connectivity index (χ4v) is 4.70. The first-order valence-corrected chi connectivity index (χ1v) is 10.3. The molecule has 2 aliphatic rings. The zero-order chi connectivity index (χ0) is 19.8. The minimum absolute atomic E-state index is 0.168. The van der Waals surface area contributed by atoms with Gasteiger partial charge in [-0.25, -0.2) is 4.39 Å². The second-order valence-corrected chi connectivity index (χ2v) is 7.84. The molecule has 2 heterocycles. The lowest BCUT2D eigenvalue weighted by Gasteiger charge is -2.32. The first-order chi connectivity index (χ1) is 12.9. The van der Waals surface area contributed by atoms with Crippen molar-refractivity contribution in [1.82, 2.24) is 10.2 Å². The predicted octanol–water partition coefficient (Wildman–Crippen LogP) is 1.76. The second kappa shape index (κ2) is 7.59. The summed E-state index contributed by atoms with van der Waals surface area (Å²) >= 11 is 1.54. The molecule has 4 atom stereocenters. The zero-order valence-corrected chi connectivity index (χ0v) is 16.3. The second-order valence-electron chi connectivity index (χ2n) is 6.85. The molecule has 0 saturated carbocycles. The number of esters is 1. The maximum absolute atomic E-state index is 13.8. The maximum Gasteiger partial charge on any atom is 0.327 e. The van der Waals surface area contributed by atoms with E-state index in [1.54, 1.807) is 30.8 Å². The van der Waals surface area contributed by atoms with Gasteiger partial charge in [0.15, 0.2) is 0 Å². The molecule has 6 nitrogen and oxygen atoms in total. The number of likely N-dealkylation sites (tertiary alicyclic amines) is 1. The lowest BCUT2D eigenvalue weighted by atomic mass is 9.78. The number of carbonyl (C=O) groups is 3. The van der Waals surface area contributed by atoms with E-state index in [1.807, 2.05) is 6.26 Å². The highest BCUT2D eigenvalue weighted by Crippen LogP contribution is 2.50. The van der Waals surface area contributed by atoms with Crippen molar-refractivity contribution in [2.45, 2.75) is 24.9 Å². The summed E-state index contributed by atoms with van der Waals surface area (Å²) in [6, 6.07) is 5.26. The third kappa shape index (κ3) is 3.14. The first kappa shape index (κ1) is 19.8. The van der Waals surface area contributed by atoms with Gasteiger partial charge in [-0.15, -0.1) is 0 Å². The van der Waals surface area contributed by atoms with Crippen molar-refractivity contribution in [3.05, 3.63) is 35.6 Å². The molecular weight excluding hydrogens is 371 g/mol. The summed E-state index contributed by atoms with van der Waals surface area (Å²) in [5.74, 6) is -2.76. The summed E-state index contributed by atoms with van der Waals surface area (Å²) in [5.41, 5.74) is -0.769. The smallest absolute Gasteiger partial charge is 0.327 e. The fourth-order valence-electron chi connectivity index (χ4n) is 4.18. The first-order valence-electron chi connectivity index (χ1n) is 8.88. The standard InChI is InChI=1S/C19H23FN2O4S/c1-4-26-18(25)19(8-9-27-3)14-13(16(23)22(2)17(14)24)15(21-19)11-6-5-7-12(20)10-11/h5-7,10,13-15,21H,4,8-9H2,1-3H3/t13-,14+,15+,19+/m0/s1. The van der Waals surface area contributed by atoms with Crippen molar-refractivity contribution < 1.29 is 23.5 Å². The number of hydrogen-bond donors (Lipinski definition) is 1. The molecular formula is C19H23FN2O4S. The van der Waals surface area contributed by atoms with Gasteiger partial charge in [0, 0.05) is 13.1 Å². The number of benzene rings is 1. The Morgan fingerprint density at radius 3 is 2.74 bits per heavy atom. The Morgan fingerprint density at radius 1 is 1.37 bits per heavy atom. The van der Waals surface area contributed by atoms with Gasteiger partial charge in [-0.2, -0.15) is 11.8 Å². The molecule has 146 valence electrons. The highest BCUT2D eigenvalue weighted by Gasteiger charge is 2.67. The van der Waals surface area contributed by atoms with E-state index in [0.717, 1.165) is 4.90 Å². The Bertz CT molecular complexity index is 774. The SMILES string of the molecule is CCOC(=O)[C@]1(CCSC)N[C@H](c2cccc(F)c2)[C@H]2C(=O)N(C)C(=O)[C@@H]21. The highest BCUT2D eigenvalue weighted by atomic mass is 32.2. The molecule has 1 N–H and O–H groups in total. The molecule has 1 aromatic carbocycles. The number of ether oxygens (including phenoxy) is 1. The molecule has 1 aromatic rings. The number of halogens is 1. The molecule has 0 radical (unpaired) electrons. The Hall–Kier alpha value is -1.93. The van der Waals surface area contributed by atoms with Crippen LogP contribution in [0.4, 0.5) is 4.39 Å². The van der Waals surface area contributed by atoms with E-state index in [-0.39, 0.29) is 12.5 Å². The summed E-state index contributed by atoms with van der Waals surface area (Å²) in [5, 5.41) is 3.23. The predicted molar refractivity (Wildman–Crippen MR) is 99.4 cm³/mol. The van der Waals surface area contributed by atoms with Gasteiger partial charge >= 0.3 is 5.97 Å². The van der Waals surface area contributed by atoms with E-state index < -0.39 is 41.1 Å². The average Bonchev–Trinajstić information content (AvgIpc) is 3.11. The van der Waals surface area contributed by atoms with Crippen LogP contribution in [0.15, 0.2) is 24.3 Å². The number of thioether (sulfide) groups is 1. The van der Waals surface area contributed by atoms with Gasteiger partial charge in [-0.3, -0.25) is 24.6 Å². The van der Waals surface area contributed by atoms with Crippen LogP contribution in [0.5, 0.6) is 0 Å². The Labute approximate surface area is 161 Å². The van der Waals surface area contributed by atoms with Crippen LogP contribution in [0.1, 0.15) is 24.9 Å². The number of nitrogens with one attached hydrogen (secondary N) is 1. The van der Waals surface area contributed by atoms with E-state index in [1.165, 1.54) is 19.2 Å². The normalized spacial score (nSPS) is 29.9. The van der Waals surface area contributed by atoms with Gasteiger partial charge in [-0.1, -0.05) is 12.1 Å². The molecule has 0 unspecified atom stereocenters. The topological polar surface area (TPSA) is 75.7 Å². The number of fused-ring (bicyclic) bond motifs is 1. The van der Waals surface area contributed by atoms with Crippen molar-refractivity contribution in [2.24, 2.45) is 11.8 Å². The van der Waals surface area contributed by atoms with Crippen LogP contribution in [0.3, 0.4) is 0 Å². The van der Waals surface area contributed by atoms with Crippen molar-refractivity contribution >= 4 is 29.5 Å². The molecule has 2 fully saturated rings. The molecule has 2 amide bonds. The highest BCUT2D eigenvalue weighted by molar-refractivity contribution is 7.98. The van der Waals surface area contributed by atoms with Crippen LogP contribution in [0.25, 0.3) is 0 Å². The molecule has 2 aliphatic heterocycles. The maximum atomic E-state index is 13.8. The van der Waals surface area contributed by atoms with Crippen molar-refractivity contribution in [1.29, 1.82) is 0 Å². The largest absolute Gasteiger partial charge is 0.465 e. The quantitative estimate of drug-likeness (QED) is 0.585. The summed E-state index contributed by atoms with van der Waals surface area (Å²) in [6.45, 7) is 1.87. The van der Waals surface area contributed by atoms with Crippen LogP contribution >= 0.6 is 11.8 Å². The van der Waals surface area contributed by atoms with Gasteiger partial charge in [-0.05, 0) is 43.0 Å². The summed E-state index contributed by atoms with van der Waals surface area (Å²) in [7, 11) is 1.43. The fraction of sp³-hybridized carbons (Fsp3) is 0.526. The number of rotatable bonds is 6. The Kier molecular flexibility index (Phi) is 5.58. The Morgan fingerprint density at radius 2 is 2.11 bits per heavy atom. The Balaban J connectivity index is 2.12. The van der Waals surface area contributed by atoms with Gasteiger partial charge < -0.3 is 4.74 Å². The average molecular weight is 394 g/mol. The minimum atomic E-state index is -1.31. The molecule has 3 rings (SSSR count). The van der Waals surface area contributed by atoms with Gasteiger partial charge in [0.2, 0.25) is 11.8 Å². The molecule has 0 spiro atoms. The van der Waals surface area contributed by atoms with Crippen LogP contribution in [-0.4, -0.2) is 53.9 Å².